The van der Waals surface area contributed by atoms with Gasteiger partial charge in [0.2, 0.25) is 11.0 Å². The van der Waals surface area contributed by atoms with Crippen LogP contribution in [0, 0.1) is 5.92 Å². The summed E-state index contributed by atoms with van der Waals surface area (Å²) >= 11 is 3.02. The number of nitrogens with one attached hydrogen (secondary N) is 1. The van der Waals surface area contributed by atoms with Gasteiger partial charge >= 0.3 is 0 Å². The number of carbonyl (C=O) groups excluding carboxylic acids is 1. The van der Waals surface area contributed by atoms with Gasteiger partial charge in [0, 0.05) is 19.1 Å². The summed E-state index contributed by atoms with van der Waals surface area (Å²) in [6.07, 6.45) is 3.49. The van der Waals surface area contributed by atoms with Gasteiger partial charge in [-0.2, -0.15) is 0 Å². The Balaban J connectivity index is 1.78. The first-order valence-electron chi connectivity index (χ1n) is 7.56. The molecule has 2 heterocycles. The third kappa shape index (κ3) is 5.14. The lowest BCUT2D eigenvalue weighted by molar-refractivity contribution is -0.131. The predicted molar refractivity (Wildman–Crippen MR) is 89.0 cm³/mol. The summed E-state index contributed by atoms with van der Waals surface area (Å²) in [5.74, 6) is 1.26. The zero-order valence-corrected chi connectivity index (χ0v) is 14.6. The number of hydrogen-bond acceptors (Lipinski definition) is 6. The number of rotatable bonds is 6. The molecule has 1 aliphatic rings. The van der Waals surface area contributed by atoms with E-state index in [4.69, 9.17) is 0 Å². The Morgan fingerprint density at radius 3 is 3.00 bits per heavy atom. The highest BCUT2D eigenvalue weighted by atomic mass is 32.2. The van der Waals surface area contributed by atoms with E-state index in [1.165, 1.54) is 29.5 Å². The molecule has 1 amide bonds. The van der Waals surface area contributed by atoms with E-state index in [9.17, 15) is 4.79 Å². The average Bonchev–Trinajstić information content (AvgIpc) is 2.91. The van der Waals surface area contributed by atoms with Crippen LogP contribution in [0.4, 0.5) is 5.13 Å². The van der Waals surface area contributed by atoms with Crippen LogP contribution < -0.4 is 5.32 Å². The molecule has 1 fully saturated rings. The molecule has 1 atom stereocenters. The summed E-state index contributed by atoms with van der Waals surface area (Å²) < 4.78 is 0.860. The van der Waals surface area contributed by atoms with E-state index in [1.54, 1.807) is 0 Å². The molecule has 0 aromatic carbocycles. The summed E-state index contributed by atoms with van der Waals surface area (Å²) in [5, 5.41) is 12.3. The second-order valence-electron chi connectivity index (χ2n) is 5.87. The van der Waals surface area contributed by atoms with Gasteiger partial charge in [-0.3, -0.25) is 4.79 Å². The van der Waals surface area contributed by atoms with Crippen LogP contribution in [0.15, 0.2) is 4.34 Å². The zero-order chi connectivity index (χ0) is 15.2. The molecule has 0 saturated carbocycles. The Morgan fingerprint density at radius 1 is 1.48 bits per heavy atom. The molecular formula is C14H24N4OS2. The molecule has 5 nitrogen and oxygen atoms in total. The molecule has 7 heteroatoms. The second kappa shape index (κ2) is 7.98. The smallest absolute Gasteiger partial charge is 0.233 e. The summed E-state index contributed by atoms with van der Waals surface area (Å²) in [7, 11) is 0. The number of nitrogens with zero attached hydrogens (tertiary/aromatic N) is 3. The number of carbonyl (C=O) groups is 1. The minimum absolute atomic E-state index is 0.221. The molecule has 0 radical (unpaired) electrons. The van der Waals surface area contributed by atoms with Crippen molar-refractivity contribution in [2.75, 3.05) is 24.2 Å². The van der Waals surface area contributed by atoms with Crippen molar-refractivity contribution in [2.45, 2.75) is 50.4 Å². The highest BCUT2D eigenvalue weighted by Gasteiger charge is 2.23. The van der Waals surface area contributed by atoms with Gasteiger partial charge in [-0.1, -0.05) is 36.9 Å². The molecule has 1 aliphatic heterocycles. The fourth-order valence-electron chi connectivity index (χ4n) is 2.31. The third-order valence-corrected chi connectivity index (χ3v) is 5.51. The van der Waals surface area contributed by atoms with Gasteiger partial charge in [-0.15, -0.1) is 10.2 Å². The molecule has 0 bridgehead atoms. The molecule has 1 aromatic heterocycles. The fourth-order valence-corrected chi connectivity index (χ4v) is 3.95. The second-order valence-corrected chi connectivity index (χ2v) is 8.07. The maximum atomic E-state index is 12.2. The first-order chi connectivity index (χ1) is 10.1. The van der Waals surface area contributed by atoms with Crippen LogP contribution in [-0.2, 0) is 4.79 Å². The molecule has 1 N–H and O–H groups in total. The van der Waals surface area contributed by atoms with Crippen LogP contribution in [0.5, 0.6) is 0 Å². The summed E-state index contributed by atoms with van der Waals surface area (Å²) in [5.41, 5.74) is 0. The molecule has 1 saturated heterocycles. The van der Waals surface area contributed by atoms with Gasteiger partial charge in [0.25, 0.3) is 0 Å². The lowest BCUT2D eigenvalue weighted by Crippen LogP contribution is -2.42. The van der Waals surface area contributed by atoms with E-state index in [-0.39, 0.29) is 5.91 Å². The van der Waals surface area contributed by atoms with Crippen molar-refractivity contribution in [1.29, 1.82) is 0 Å². The molecular weight excluding hydrogens is 304 g/mol. The number of likely N-dealkylation sites (tertiary alicyclic amines) is 1. The minimum atomic E-state index is 0.221. The molecule has 118 valence electrons. The number of anilines is 1. The van der Waals surface area contributed by atoms with Crippen molar-refractivity contribution in [1.82, 2.24) is 15.1 Å². The highest BCUT2D eigenvalue weighted by Crippen LogP contribution is 2.26. The predicted octanol–water partition coefficient (Wildman–Crippen LogP) is 3.10. The highest BCUT2D eigenvalue weighted by molar-refractivity contribution is 8.01. The van der Waals surface area contributed by atoms with E-state index in [0.29, 0.717) is 17.7 Å². The number of amides is 1. The lowest BCUT2D eigenvalue weighted by atomic mass is 10.0. The lowest BCUT2D eigenvalue weighted by Gasteiger charge is -2.33. The summed E-state index contributed by atoms with van der Waals surface area (Å²) in [6.45, 7) is 8.24. The quantitative estimate of drug-likeness (QED) is 0.813. The van der Waals surface area contributed by atoms with E-state index in [2.05, 4.69) is 36.3 Å². The number of thioether (sulfide) groups is 1. The van der Waals surface area contributed by atoms with Crippen molar-refractivity contribution >= 4 is 34.1 Å². The first kappa shape index (κ1) is 16.5. The Morgan fingerprint density at radius 2 is 2.29 bits per heavy atom. The Labute approximate surface area is 134 Å². The molecule has 0 unspecified atom stereocenters. The third-order valence-electron chi connectivity index (χ3n) is 3.51. The number of hydrogen-bond donors (Lipinski definition) is 1. The fraction of sp³-hybridized carbons (Fsp3) is 0.786. The topological polar surface area (TPSA) is 58.1 Å². The number of aromatic nitrogens is 2. The standard InChI is InChI=1S/C14H24N4OS2/c1-10(2)8-15-13-16-17-14(21-13)20-9-12(19)18-7-5-4-6-11(18)3/h10-11H,4-9H2,1-3H3,(H,15,16)/t11-/m1/s1. The van der Waals surface area contributed by atoms with E-state index in [0.717, 1.165) is 35.4 Å². The normalized spacial score (nSPS) is 19.0. The van der Waals surface area contributed by atoms with Gasteiger partial charge in [-0.05, 0) is 32.1 Å². The van der Waals surface area contributed by atoms with Crippen molar-refractivity contribution < 1.29 is 4.79 Å². The first-order valence-corrected chi connectivity index (χ1v) is 9.36. The van der Waals surface area contributed by atoms with Crippen molar-refractivity contribution in [3.63, 3.8) is 0 Å². The van der Waals surface area contributed by atoms with Crippen LogP contribution in [0.25, 0.3) is 0 Å². The van der Waals surface area contributed by atoms with Gasteiger partial charge in [0.15, 0.2) is 4.34 Å². The van der Waals surface area contributed by atoms with Crippen molar-refractivity contribution in [2.24, 2.45) is 5.92 Å². The van der Waals surface area contributed by atoms with Gasteiger partial charge < -0.3 is 10.2 Å². The zero-order valence-electron chi connectivity index (χ0n) is 13.0. The van der Waals surface area contributed by atoms with Crippen LogP contribution >= 0.6 is 23.1 Å². The average molecular weight is 329 g/mol. The Kier molecular flexibility index (Phi) is 6.29. The van der Waals surface area contributed by atoms with E-state index >= 15 is 0 Å². The van der Waals surface area contributed by atoms with Crippen LogP contribution in [-0.4, -0.2) is 45.9 Å². The SMILES string of the molecule is CC(C)CNc1nnc(SCC(=O)N2CCCC[C@H]2C)s1. The molecule has 0 aliphatic carbocycles. The minimum Gasteiger partial charge on any atom is -0.360 e. The van der Waals surface area contributed by atoms with Gasteiger partial charge in [0.05, 0.1) is 5.75 Å². The summed E-state index contributed by atoms with van der Waals surface area (Å²) in [6, 6.07) is 0.379. The summed E-state index contributed by atoms with van der Waals surface area (Å²) in [4.78, 5) is 14.3. The largest absolute Gasteiger partial charge is 0.360 e. The number of piperidine rings is 1. The van der Waals surface area contributed by atoms with Crippen LogP contribution in [0.3, 0.4) is 0 Å². The maximum absolute atomic E-state index is 12.2. The molecule has 1 aromatic rings. The maximum Gasteiger partial charge on any atom is 0.233 e. The van der Waals surface area contributed by atoms with E-state index in [1.807, 2.05) is 4.90 Å². The monoisotopic (exact) mass is 328 g/mol. The van der Waals surface area contributed by atoms with Crippen LogP contribution in [0.2, 0.25) is 0 Å². The van der Waals surface area contributed by atoms with Crippen LogP contribution in [0.1, 0.15) is 40.0 Å². The van der Waals surface area contributed by atoms with Crippen molar-refractivity contribution in [3.05, 3.63) is 0 Å². The van der Waals surface area contributed by atoms with Gasteiger partial charge in [-0.25, -0.2) is 0 Å². The van der Waals surface area contributed by atoms with E-state index < -0.39 is 0 Å². The molecule has 0 spiro atoms. The van der Waals surface area contributed by atoms with Crippen molar-refractivity contribution in [3.8, 4) is 0 Å². The Hall–Kier alpha value is -0.820. The Bertz CT molecular complexity index is 464. The van der Waals surface area contributed by atoms with Gasteiger partial charge in [0.1, 0.15) is 0 Å². The molecule has 21 heavy (non-hydrogen) atoms. The molecule has 2 rings (SSSR count).